The Balaban J connectivity index is 1.18. The summed E-state index contributed by atoms with van der Waals surface area (Å²) in [7, 11) is 0. The number of esters is 3. The maximum Gasteiger partial charge on any atom is 0.338 e. The van der Waals surface area contributed by atoms with Crippen LogP contribution in [-0.4, -0.2) is 47.9 Å². The van der Waals surface area contributed by atoms with Crippen LogP contribution in [0.4, 0.5) is 0 Å². The zero-order chi connectivity index (χ0) is 31.1. The van der Waals surface area contributed by atoms with E-state index in [1.165, 1.54) is 13.8 Å². The van der Waals surface area contributed by atoms with Crippen molar-refractivity contribution in [1.82, 2.24) is 4.90 Å². The Morgan fingerprint density at radius 1 is 0.614 bits per heavy atom. The van der Waals surface area contributed by atoms with Crippen molar-refractivity contribution < 1.29 is 33.4 Å². The molecule has 1 saturated heterocycles. The second kappa shape index (κ2) is 13.8. The van der Waals surface area contributed by atoms with Crippen LogP contribution in [0.2, 0.25) is 0 Å². The van der Waals surface area contributed by atoms with Gasteiger partial charge in [0.15, 0.2) is 0 Å². The van der Waals surface area contributed by atoms with Crippen LogP contribution in [0.15, 0.2) is 97.1 Å². The smallest absolute Gasteiger partial charge is 0.338 e. The summed E-state index contributed by atoms with van der Waals surface area (Å²) < 4.78 is 15.9. The highest BCUT2D eigenvalue weighted by Gasteiger charge is 2.29. The van der Waals surface area contributed by atoms with Crippen LogP contribution < -0.4 is 9.47 Å². The Hall–Kier alpha value is -5.24. The van der Waals surface area contributed by atoms with Gasteiger partial charge in [-0.05, 0) is 90.0 Å². The van der Waals surface area contributed by atoms with Crippen molar-refractivity contribution in [2.45, 2.75) is 39.2 Å². The van der Waals surface area contributed by atoms with Gasteiger partial charge in [-0.1, -0.05) is 48.5 Å². The van der Waals surface area contributed by atoms with Gasteiger partial charge in [0.1, 0.15) is 18.1 Å². The fourth-order valence-corrected chi connectivity index (χ4v) is 5.23. The summed E-state index contributed by atoms with van der Waals surface area (Å²) in [6.07, 6.45) is 2.61. The van der Waals surface area contributed by atoms with Crippen LogP contribution in [-0.2, 0) is 14.3 Å². The minimum Gasteiger partial charge on any atom is -0.460 e. The highest BCUT2D eigenvalue weighted by molar-refractivity contribution is 5.95. The number of rotatable bonds is 8. The Bertz CT molecular complexity index is 1630. The third-order valence-electron chi connectivity index (χ3n) is 7.45. The van der Waals surface area contributed by atoms with Gasteiger partial charge in [0.25, 0.3) is 5.91 Å². The summed E-state index contributed by atoms with van der Waals surface area (Å²) in [6.45, 7) is 3.44. The van der Waals surface area contributed by atoms with Gasteiger partial charge in [-0.15, -0.1) is 0 Å². The second-order valence-corrected chi connectivity index (χ2v) is 10.6. The third-order valence-corrected chi connectivity index (χ3v) is 7.45. The molecular formula is C36H33NO7. The number of carbonyl (C=O) groups excluding carboxylic acids is 4. The normalized spacial score (nSPS) is 14.4. The van der Waals surface area contributed by atoms with Crippen LogP contribution >= 0.6 is 0 Å². The minimum atomic E-state index is -0.441. The van der Waals surface area contributed by atoms with Gasteiger partial charge in [-0.25, -0.2) is 4.79 Å². The van der Waals surface area contributed by atoms with E-state index >= 15 is 0 Å². The molecule has 4 aromatic rings. The molecule has 8 nitrogen and oxygen atoms in total. The number of ether oxygens (including phenoxy) is 3. The number of piperidine rings is 1. The quantitative estimate of drug-likeness (QED) is 0.166. The molecule has 1 fully saturated rings. The average Bonchev–Trinajstić information content (AvgIpc) is 3.04. The first-order valence-corrected chi connectivity index (χ1v) is 14.5. The first-order chi connectivity index (χ1) is 21.3. The molecule has 0 spiro atoms. The van der Waals surface area contributed by atoms with Crippen molar-refractivity contribution in [3.63, 3.8) is 0 Å². The molecule has 1 aliphatic heterocycles. The predicted molar refractivity (Wildman–Crippen MR) is 165 cm³/mol. The predicted octanol–water partition coefficient (Wildman–Crippen LogP) is 6.72. The molecule has 224 valence electrons. The van der Waals surface area contributed by atoms with E-state index in [1.807, 2.05) is 53.4 Å². The standard InChI is InChI=1S/C36H33NO7/c1-24(38)43-33-18-14-28(15-19-33)26-6-10-30(11-7-26)35(40)37-22-4-3-5-32(37)23-42-36(41)31-12-8-27(9-13-31)29-16-20-34(21-17-29)44-25(2)39/h6-21,32H,3-5,22-23H2,1-2H3/t32-/m0/s1. The molecule has 0 bridgehead atoms. The van der Waals surface area contributed by atoms with E-state index in [-0.39, 0.29) is 30.5 Å². The SMILES string of the molecule is CC(=O)Oc1ccc(-c2ccc(C(=O)OC[C@@H]3CCCCN3C(=O)c3ccc(-c4ccc(OC(C)=O)cc4)cc3)cc2)cc1. The molecule has 1 heterocycles. The van der Waals surface area contributed by atoms with E-state index < -0.39 is 5.97 Å². The molecule has 1 amide bonds. The maximum absolute atomic E-state index is 13.5. The lowest BCUT2D eigenvalue weighted by molar-refractivity contribution is -0.132. The second-order valence-electron chi connectivity index (χ2n) is 10.6. The van der Waals surface area contributed by atoms with Gasteiger partial charge in [0, 0.05) is 26.0 Å². The fourth-order valence-electron chi connectivity index (χ4n) is 5.23. The Morgan fingerprint density at radius 2 is 1.05 bits per heavy atom. The summed E-state index contributed by atoms with van der Waals surface area (Å²) in [5.41, 5.74) is 4.70. The largest absolute Gasteiger partial charge is 0.460 e. The third kappa shape index (κ3) is 7.58. The lowest BCUT2D eigenvalue weighted by Gasteiger charge is -2.35. The van der Waals surface area contributed by atoms with Crippen LogP contribution in [0, 0.1) is 0 Å². The summed E-state index contributed by atoms with van der Waals surface area (Å²) in [6, 6.07) is 28.6. The van der Waals surface area contributed by atoms with Gasteiger partial charge in [-0.2, -0.15) is 0 Å². The molecule has 0 radical (unpaired) electrons. The zero-order valence-corrected chi connectivity index (χ0v) is 24.7. The minimum absolute atomic E-state index is 0.0911. The topological polar surface area (TPSA) is 99.2 Å². The van der Waals surface area contributed by atoms with Crippen molar-refractivity contribution in [1.29, 1.82) is 0 Å². The number of likely N-dealkylation sites (tertiary alicyclic amines) is 1. The van der Waals surface area contributed by atoms with Gasteiger partial charge in [-0.3, -0.25) is 14.4 Å². The molecule has 1 atom stereocenters. The van der Waals surface area contributed by atoms with Gasteiger partial charge >= 0.3 is 17.9 Å². The number of nitrogens with zero attached hydrogens (tertiary/aromatic N) is 1. The van der Waals surface area contributed by atoms with E-state index in [9.17, 15) is 19.2 Å². The lowest BCUT2D eigenvalue weighted by Crippen LogP contribution is -2.46. The molecule has 0 aliphatic carbocycles. The van der Waals surface area contributed by atoms with Gasteiger partial charge < -0.3 is 19.1 Å². The lowest BCUT2D eigenvalue weighted by atomic mass is 10.00. The Morgan fingerprint density at radius 3 is 1.50 bits per heavy atom. The van der Waals surface area contributed by atoms with Crippen molar-refractivity contribution in [3.8, 4) is 33.8 Å². The number of hydrogen-bond acceptors (Lipinski definition) is 7. The van der Waals surface area contributed by atoms with Crippen molar-refractivity contribution in [2.24, 2.45) is 0 Å². The first kappa shape index (κ1) is 30.2. The molecule has 5 rings (SSSR count). The summed E-state index contributed by atoms with van der Waals surface area (Å²) in [4.78, 5) is 50.4. The summed E-state index contributed by atoms with van der Waals surface area (Å²) in [5, 5.41) is 0. The monoisotopic (exact) mass is 591 g/mol. The average molecular weight is 592 g/mol. The van der Waals surface area contributed by atoms with Crippen LogP contribution in [0.5, 0.6) is 11.5 Å². The molecule has 0 aromatic heterocycles. The molecule has 8 heteroatoms. The number of amides is 1. The van der Waals surface area contributed by atoms with Gasteiger partial charge in [0.2, 0.25) is 0 Å². The number of benzene rings is 4. The maximum atomic E-state index is 13.5. The van der Waals surface area contributed by atoms with Crippen molar-refractivity contribution in [2.75, 3.05) is 13.2 Å². The summed E-state index contributed by atoms with van der Waals surface area (Å²) >= 11 is 0. The van der Waals surface area contributed by atoms with E-state index in [4.69, 9.17) is 14.2 Å². The highest BCUT2D eigenvalue weighted by atomic mass is 16.5. The van der Waals surface area contributed by atoms with Crippen LogP contribution in [0.3, 0.4) is 0 Å². The van der Waals surface area contributed by atoms with Crippen LogP contribution in [0.1, 0.15) is 53.8 Å². The van der Waals surface area contributed by atoms with E-state index in [2.05, 4.69) is 0 Å². The first-order valence-electron chi connectivity index (χ1n) is 14.5. The Labute approximate surface area is 256 Å². The molecule has 4 aromatic carbocycles. The molecule has 44 heavy (non-hydrogen) atoms. The van der Waals surface area contributed by atoms with Gasteiger partial charge in [0.05, 0.1) is 11.6 Å². The number of carbonyl (C=O) groups is 4. The van der Waals surface area contributed by atoms with E-state index in [0.29, 0.717) is 29.2 Å². The van der Waals surface area contributed by atoms with Crippen molar-refractivity contribution >= 4 is 23.8 Å². The Kier molecular flexibility index (Phi) is 9.49. The van der Waals surface area contributed by atoms with E-state index in [1.54, 1.807) is 48.5 Å². The number of hydrogen-bond donors (Lipinski definition) is 0. The fraction of sp³-hybridized carbons (Fsp3) is 0.222. The highest BCUT2D eigenvalue weighted by Crippen LogP contribution is 2.26. The molecule has 0 saturated carbocycles. The zero-order valence-electron chi connectivity index (χ0n) is 24.7. The molecular weight excluding hydrogens is 558 g/mol. The van der Waals surface area contributed by atoms with Crippen molar-refractivity contribution in [3.05, 3.63) is 108 Å². The molecule has 1 aliphatic rings. The van der Waals surface area contributed by atoms with Crippen LogP contribution in [0.25, 0.3) is 22.3 Å². The van der Waals surface area contributed by atoms with E-state index in [0.717, 1.165) is 41.5 Å². The summed E-state index contributed by atoms with van der Waals surface area (Å²) in [5.74, 6) is -0.333. The molecule has 0 N–H and O–H groups in total. The molecule has 0 unspecified atom stereocenters.